The van der Waals surface area contributed by atoms with Crippen molar-refractivity contribution in [2.45, 2.75) is 45.0 Å². The minimum atomic E-state index is -0.954. The third-order valence-corrected chi connectivity index (χ3v) is 7.39. The predicted molar refractivity (Wildman–Crippen MR) is 142 cm³/mol. The monoisotopic (exact) mass is 512 g/mol. The van der Waals surface area contributed by atoms with Crippen LogP contribution < -0.4 is 5.32 Å². The molecule has 0 aliphatic carbocycles. The van der Waals surface area contributed by atoms with Crippen molar-refractivity contribution < 1.29 is 19.1 Å². The predicted octanol–water partition coefficient (Wildman–Crippen LogP) is 3.49. The van der Waals surface area contributed by atoms with E-state index in [2.05, 4.69) is 10.3 Å². The van der Waals surface area contributed by atoms with Crippen LogP contribution in [0.25, 0.3) is 0 Å². The topological polar surface area (TPSA) is 91.8 Å². The van der Waals surface area contributed by atoms with Crippen LogP contribution in [0.1, 0.15) is 50.2 Å². The third kappa shape index (κ3) is 5.17. The molecule has 8 nitrogen and oxygen atoms in total. The first-order valence-corrected chi connectivity index (χ1v) is 12.9. The summed E-state index contributed by atoms with van der Waals surface area (Å²) in [6, 6.07) is 17.8. The Kier molecular flexibility index (Phi) is 7.24. The maximum Gasteiger partial charge on any atom is 0.256 e. The average Bonchev–Trinajstić information content (AvgIpc) is 3.30. The molecule has 3 amide bonds. The number of nitrogens with zero attached hydrogens (tertiary/aromatic N) is 3. The van der Waals surface area contributed by atoms with Crippen molar-refractivity contribution in [2.24, 2.45) is 0 Å². The lowest BCUT2D eigenvalue weighted by molar-refractivity contribution is -0.128. The van der Waals surface area contributed by atoms with E-state index in [-0.39, 0.29) is 24.3 Å². The van der Waals surface area contributed by atoms with Gasteiger partial charge in [0.1, 0.15) is 11.8 Å². The van der Waals surface area contributed by atoms with Gasteiger partial charge >= 0.3 is 0 Å². The van der Waals surface area contributed by atoms with Gasteiger partial charge in [-0.1, -0.05) is 35.4 Å². The summed E-state index contributed by atoms with van der Waals surface area (Å²) in [5.41, 5.74) is 3.19. The van der Waals surface area contributed by atoms with Gasteiger partial charge in [-0.3, -0.25) is 24.3 Å². The van der Waals surface area contributed by atoms with Gasteiger partial charge in [0, 0.05) is 56.0 Å². The molecule has 2 aromatic carbocycles. The van der Waals surface area contributed by atoms with E-state index >= 15 is 0 Å². The zero-order valence-corrected chi connectivity index (χ0v) is 21.7. The van der Waals surface area contributed by atoms with Gasteiger partial charge in [0.15, 0.2) is 0 Å². The maximum atomic E-state index is 13.9. The van der Waals surface area contributed by atoms with Gasteiger partial charge in [-0.15, -0.1) is 0 Å². The Morgan fingerprint density at radius 1 is 0.921 bits per heavy atom. The largest absolute Gasteiger partial charge is 0.353 e. The molecule has 3 aromatic rings. The number of hydrogen-bond donors (Lipinski definition) is 1. The van der Waals surface area contributed by atoms with E-state index in [0.717, 1.165) is 16.7 Å². The van der Waals surface area contributed by atoms with Gasteiger partial charge in [-0.05, 0) is 55.8 Å². The second-order valence-corrected chi connectivity index (χ2v) is 10.0. The summed E-state index contributed by atoms with van der Waals surface area (Å²) in [5, 5.41) is 2.96. The molecular weight excluding hydrogens is 480 g/mol. The molecular formula is C30H32N4O4. The molecule has 2 aliphatic heterocycles. The fourth-order valence-corrected chi connectivity index (χ4v) is 5.23. The van der Waals surface area contributed by atoms with Crippen molar-refractivity contribution in [1.82, 2.24) is 20.1 Å². The highest BCUT2D eigenvalue weighted by Gasteiger charge is 2.54. The Morgan fingerprint density at radius 3 is 2.32 bits per heavy atom. The normalized spacial score (nSPS) is 18.4. The van der Waals surface area contributed by atoms with E-state index in [4.69, 9.17) is 4.74 Å². The van der Waals surface area contributed by atoms with Gasteiger partial charge in [0.25, 0.3) is 11.8 Å². The summed E-state index contributed by atoms with van der Waals surface area (Å²) in [6.45, 7) is 5.21. The van der Waals surface area contributed by atoms with Crippen LogP contribution in [0.2, 0.25) is 0 Å². The van der Waals surface area contributed by atoms with Crippen LogP contribution >= 0.6 is 0 Å². The summed E-state index contributed by atoms with van der Waals surface area (Å²) >= 11 is 0. The van der Waals surface area contributed by atoms with Gasteiger partial charge in [0.05, 0.1) is 6.61 Å². The van der Waals surface area contributed by atoms with Crippen molar-refractivity contribution in [3.05, 3.63) is 101 Å². The van der Waals surface area contributed by atoms with Crippen LogP contribution in [0.5, 0.6) is 0 Å². The number of pyridine rings is 1. The fraction of sp³-hybridized carbons (Fsp3) is 0.333. The van der Waals surface area contributed by atoms with E-state index in [9.17, 15) is 14.4 Å². The number of aromatic nitrogens is 1. The quantitative estimate of drug-likeness (QED) is 0.565. The van der Waals surface area contributed by atoms with Crippen LogP contribution in [-0.4, -0.2) is 64.0 Å². The molecule has 2 fully saturated rings. The number of rotatable bonds is 5. The number of hydrogen-bond acceptors (Lipinski definition) is 5. The Morgan fingerprint density at radius 2 is 1.63 bits per heavy atom. The number of carbonyl (C=O) groups is 3. The molecule has 2 aliphatic rings. The van der Waals surface area contributed by atoms with E-state index in [0.29, 0.717) is 43.6 Å². The van der Waals surface area contributed by atoms with Crippen LogP contribution in [0.4, 0.5) is 0 Å². The second-order valence-electron chi connectivity index (χ2n) is 10.0. The highest BCUT2D eigenvalue weighted by atomic mass is 16.5. The lowest BCUT2D eigenvalue weighted by atomic mass is 9.95. The Balaban J connectivity index is 1.36. The molecule has 1 unspecified atom stereocenters. The number of nitrogens with one attached hydrogen (secondary N) is 1. The third-order valence-electron chi connectivity index (χ3n) is 7.39. The summed E-state index contributed by atoms with van der Waals surface area (Å²) in [6.07, 6.45) is 4.20. The minimum absolute atomic E-state index is 0.0374. The van der Waals surface area contributed by atoms with Crippen LogP contribution in [-0.2, 0) is 16.1 Å². The Hall–Kier alpha value is -4.04. The SMILES string of the molecule is Cc1ccc(C(=O)N2C(C(=O)NCc3ccncc3)COC23CCN(C(=O)c2cccc(C)c2)CC3)cc1. The molecule has 38 heavy (non-hydrogen) atoms. The second kappa shape index (κ2) is 10.8. The van der Waals surface area contributed by atoms with Crippen LogP contribution in [0.3, 0.4) is 0 Å². The van der Waals surface area contributed by atoms with E-state index in [1.165, 1.54) is 0 Å². The zero-order valence-electron chi connectivity index (χ0n) is 21.7. The lowest BCUT2D eigenvalue weighted by Gasteiger charge is -2.44. The molecule has 2 saturated heterocycles. The first kappa shape index (κ1) is 25.6. The molecule has 5 rings (SSSR count). The number of carbonyl (C=O) groups excluding carboxylic acids is 3. The highest BCUT2D eigenvalue weighted by Crippen LogP contribution is 2.39. The number of amides is 3. The minimum Gasteiger partial charge on any atom is -0.353 e. The number of benzene rings is 2. The molecule has 1 aromatic heterocycles. The Labute approximate surface area is 222 Å². The fourth-order valence-electron chi connectivity index (χ4n) is 5.23. The van der Waals surface area contributed by atoms with Crippen LogP contribution in [0, 0.1) is 13.8 Å². The summed E-state index contributed by atoms with van der Waals surface area (Å²) in [7, 11) is 0. The number of ether oxygens (including phenoxy) is 1. The highest BCUT2D eigenvalue weighted by molar-refractivity contribution is 5.98. The number of likely N-dealkylation sites (tertiary alicyclic amines) is 1. The first-order chi connectivity index (χ1) is 18.4. The van der Waals surface area contributed by atoms with Gasteiger partial charge in [-0.2, -0.15) is 0 Å². The van der Waals surface area contributed by atoms with Gasteiger partial charge in [-0.25, -0.2) is 0 Å². The molecule has 1 atom stereocenters. The molecule has 0 saturated carbocycles. The summed E-state index contributed by atoms with van der Waals surface area (Å²) in [5.74, 6) is -0.549. The molecule has 0 bridgehead atoms. The summed E-state index contributed by atoms with van der Waals surface area (Å²) in [4.78, 5) is 47.8. The van der Waals surface area contributed by atoms with Crippen molar-refractivity contribution >= 4 is 17.7 Å². The lowest BCUT2D eigenvalue weighted by Crippen LogP contribution is -2.59. The standard InChI is InChI=1S/C30H32N4O4/c1-21-6-8-24(9-7-21)29(37)34-26(27(35)32-19-23-10-14-31-15-11-23)20-38-30(34)12-16-33(17-13-30)28(36)25-5-3-4-22(2)18-25/h3-11,14-15,18,26H,12-13,16-17,19-20H2,1-2H3,(H,32,35). The molecule has 1 N–H and O–H groups in total. The molecule has 8 heteroatoms. The van der Waals surface area contributed by atoms with E-state index < -0.39 is 11.8 Å². The zero-order chi connectivity index (χ0) is 26.7. The molecule has 1 spiro atoms. The molecule has 0 radical (unpaired) electrons. The van der Waals surface area contributed by atoms with E-state index in [1.54, 1.807) is 34.3 Å². The van der Waals surface area contributed by atoms with Crippen molar-refractivity contribution in [2.75, 3.05) is 19.7 Å². The molecule has 196 valence electrons. The molecule has 3 heterocycles. The van der Waals surface area contributed by atoms with Crippen molar-refractivity contribution in [1.29, 1.82) is 0 Å². The van der Waals surface area contributed by atoms with Gasteiger partial charge < -0.3 is 15.0 Å². The maximum absolute atomic E-state index is 13.9. The smallest absolute Gasteiger partial charge is 0.256 e. The van der Waals surface area contributed by atoms with Crippen LogP contribution in [0.15, 0.2) is 73.1 Å². The van der Waals surface area contributed by atoms with Gasteiger partial charge in [0.2, 0.25) is 5.91 Å². The number of aryl methyl sites for hydroxylation is 2. The van der Waals surface area contributed by atoms with Crippen molar-refractivity contribution in [3.63, 3.8) is 0 Å². The summed E-state index contributed by atoms with van der Waals surface area (Å²) < 4.78 is 6.30. The number of piperidine rings is 1. The van der Waals surface area contributed by atoms with E-state index in [1.807, 2.05) is 62.4 Å². The Bertz CT molecular complexity index is 1320. The van der Waals surface area contributed by atoms with Crippen molar-refractivity contribution in [3.8, 4) is 0 Å². The average molecular weight is 513 g/mol. The first-order valence-electron chi connectivity index (χ1n) is 12.9.